The summed E-state index contributed by atoms with van der Waals surface area (Å²) in [6.45, 7) is 4.00. The Balaban J connectivity index is 3.01. The lowest BCUT2D eigenvalue weighted by molar-refractivity contribution is 0.0997. The van der Waals surface area contributed by atoms with E-state index >= 15 is 0 Å². The van der Waals surface area contributed by atoms with Crippen LogP contribution in [0.15, 0.2) is 18.2 Å². The smallest absolute Gasteiger partial charge is 0.177 e. The normalized spacial score (nSPS) is 12.6. The van der Waals surface area contributed by atoms with E-state index in [4.69, 9.17) is 0 Å². The molecule has 0 N–H and O–H groups in total. The molecule has 1 aromatic carbocycles. The molecule has 0 aliphatic carbocycles. The molecule has 1 rings (SSSR count). The second-order valence-electron chi connectivity index (χ2n) is 3.36. The van der Waals surface area contributed by atoms with E-state index < -0.39 is 0 Å². The van der Waals surface area contributed by atoms with Crippen LogP contribution in [0.25, 0.3) is 0 Å². The van der Waals surface area contributed by atoms with Crippen LogP contribution in [-0.4, -0.2) is 15.9 Å². The van der Waals surface area contributed by atoms with E-state index in [1.54, 1.807) is 0 Å². The maximum atomic E-state index is 11.8. The van der Waals surface area contributed by atoms with Crippen molar-refractivity contribution in [2.45, 2.75) is 18.7 Å². The molecule has 1 aromatic rings. The van der Waals surface area contributed by atoms with E-state index in [1.165, 1.54) is 0 Å². The molecule has 14 heavy (non-hydrogen) atoms. The first-order valence-corrected chi connectivity index (χ1v) is 6.41. The van der Waals surface area contributed by atoms with Crippen LogP contribution < -0.4 is 0 Å². The minimum Gasteiger partial charge on any atom is -0.293 e. The third-order valence-electron chi connectivity index (χ3n) is 1.93. The molecular weight excluding hydrogens is 308 g/mol. The van der Waals surface area contributed by atoms with Gasteiger partial charge in [-0.05, 0) is 26.0 Å². The standard InChI is InChI=1S/C11H12Br2O/c1-7-3-8(2)5-9(4-7)11(14)10(13)6-12/h3-5,10H,6H2,1-2H3. The number of aryl methyl sites for hydroxylation is 2. The van der Waals surface area contributed by atoms with Gasteiger partial charge in [-0.2, -0.15) is 0 Å². The third-order valence-corrected chi connectivity index (χ3v) is 4.18. The largest absolute Gasteiger partial charge is 0.293 e. The van der Waals surface area contributed by atoms with Gasteiger partial charge in [-0.1, -0.05) is 49.1 Å². The monoisotopic (exact) mass is 318 g/mol. The number of Topliss-reactive ketones (excluding diaryl/α,β-unsaturated/α-hetero) is 1. The number of hydrogen-bond donors (Lipinski definition) is 0. The quantitative estimate of drug-likeness (QED) is 0.614. The van der Waals surface area contributed by atoms with Gasteiger partial charge in [0.25, 0.3) is 0 Å². The van der Waals surface area contributed by atoms with E-state index in [1.807, 2.05) is 26.0 Å². The fourth-order valence-electron chi connectivity index (χ4n) is 1.37. The van der Waals surface area contributed by atoms with Crippen molar-refractivity contribution in [2.75, 3.05) is 5.33 Å². The van der Waals surface area contributed by atoms with Crippen molar-refractivity contribution < 1.29 is 4.79 Å². The molecular formula is C11H12Br2O. The first-order valence-electron chi connectivity index (χ1n) is 4.37. The number of alkyl halides is 2. The number of benzene rings is 1. The lowest BCUT2D eigenvalue weighted by atomic mass is 10.0. The molecule has 0 radical (unpaired) electrons. The minimum atomic E-state index is -0.135. The topological polar surface area (TPSA) is 17.1 Å². The molecule has 0 amide bonds. The van der Waals surface area contributed by atoms with E-state index in [2.05, 4.69) is 37.9 Å². The minimum absolute atomic E-state index is 0.133. The summed E-state index contributed by atoms with van der Waals surface area (Å²) in [4.78, 5) is 11.7. The van der Waals surface area contributed by atoms with E-state index in [0.717, 1.165) is 16.7 Å². The highest BCUT2D eigenvalue weighted by molar-refractivity contribution is 9.12. The van der Waals surface area contributed by atoms with E-state index in [0.29, 0.717) is 5.33 Å². The number of carbonyl (C=O) groups excluding carboxylic acids is 1. The molecule has 1 unspecified atom stereocenters. The summed E-state index contributed by atoms with van der Waals surface area (Å²) >= 11 is 6.61. The number of carbonyl (C=O) groups is 1. The summed E-state index contributed by atoms with van der Waals surface area (Å²) in [6.07, 6.45) is 0. The van der Waals surface area contributed by atoms with Gasteiger partial charge in [-0.25, -0.2) is 0 Å². The fraction of sp³-hybridized carbons (Fsp3) is 0.364. The molecule has 0 bridgehead atoms. The maximum absolute atomic E-state index is 11.8. The summed E-state index contributed by atoms with van der Waals surface area (Å²) in [5.74, 6) is 0.133. The van der Waals surface area contributed by atoms with Crippen molar-refractivity contribution in [3.63, 3.8) is 0 Å². The summed E-state index contributed by atoms with van der Waals surface area (Å²) < 4.78 is 0. The van der Waals surface area contributed by atoms with E-state index in [-0.39, 0.29) is 10.6 Å². The van der Waals surface area contributed by atoms with Crippen LogP contribution in [0, 0.1) is 13.8 Å². The molecule has 0 aliphatic rings. The Hall–Kier alpha value is -0.150. The molecule has 0 saturated carbocycles. The van der Waals surface area contributed by atoms with Crippen molar-refractivity contribution >= 4 is 37.6 Å². The van der Waals surface area contributed by atoms with Crippen LogP contribution in [-0.2, 0) is 0 Å². The number of hydrogen-bond acceptors (Lipinski definition) is 1. The number of ketones is 1. The third kappa shape index (κ3) is 2.92. The predicted molar refractivity (Wildman–Crippen MR) is 66.8 cm³/mol. The highest BCUT2D eigenvalue weighted by Gasteiger charge is 2.15. The van der Waals surface area contributed by atoms with Crippen LogP contribution in [0.3, 0.4) is 0 Å². The van der Waals surface area contributed by atoms with Crippen LogP contribution in [0.1, 0.15) is 21.5 Å². The predicted octanol–water partition coefficient (Wildman–Crippen LogP) is 3.64. The van der Waals surface area contributed by atoms with Gasteiger partial charge in [0.05, 0.1) is 4.83 Å². The Morgan fingerprint density at radius 3 is 2.21 bits per heavy atom. The molecule has 0 heterocycles. The van der Waals surface area contributed by atoms with E-state index in [9.17, 15) is 4.79 Å². The summed E-state index contributed by atoms with van der Waals surface area (Å²) in [7, 11) is 0. The van der Waals surface area contributed by atoms with Crippen LogP contribution in [0.4, 0.5) is 0 Å². The van der Waals surface area contributed by atoms with Gasteiger partial charge in [0.2, 0.25) is 0 Å². The lowest BCUT2D eigenvalue weighted by Gasteiger charge is -2.07. The number of halogens is 2. The molecule has 3 heteroatoms. The zero-order valence-electron chi connectivity index (χ0n) is 8.18. The molecule has 1 nitrogen and oxygen atoms in total. The molecule has 0 spiro atoms. The van der Waals surface area contributed by atoms with Crippen molar-refractivity contribution in [3.8, 4) is 0 Å². The second kappa shape index (κ2) is 5.08. The molecule has 76 valence electrons. The van der Waals surface area contributed by atoms with Gasteiger partial charge in [0.1, 0.15) is 0 Å². The molecule has 0 aliphatic heterocycles. The Morgan fingerprint density at radius 1 is 1.29 bits per heavy atom. The van der Waals surface area contributed by atoms with Gasteiger partial charge in [0.15, 0.2) is 5.78 Å². The lowest BCUT2D eigenvalue weighted by Crippen LogP contribution is -2.15. The van der Waals surface area contributed by atoms with Crippen LogP contribution in [0.5, 0.6) is 0 Å². The SMILES string of the molecule is Cc1cc(C)cc(C(=O)C(Br)CBr)c1. The maximum Gasteiger partial charge on any atom is 0.177 e. The zero-order chi connectivity index (χ0) is 10.7. The summed E-state index contributed by atoms with van der Waals surface area (Å²) in [5, 5.41) is 0.638. The molecule has 0 fully saturated rings. The highest BCUT2D eigenvalue weighted by atomic mass is 79.9. The Labute approximate surface area is 101 Å². The average Bonchev–Trinajstić information content (AvgIpc) is 2.14. The number of rotatable bonds is 3. The van der Waals surface area contributed by atoms with Crippen molar-refractivity contribution in [1.29, 1.82) is 0 Å². The molecule has 0 aromatic heterocycles. The summed E-state index contributed by atoms with van der Waals surface area (Å²) in [5.41, 5.74) is 3.04. The average molecular weight is 320 g/mol. The van der Waals surface area contributed by atoms with Crippen molar-refractivity contribution in [1.82, 2.24) is 0 Å². The van der Waals surface area contributed by atoms with Gasteiger partial charge in [-0.3, -0.25) is 4.79 Å². The second-order valence-corrected chi connectivity index (χ2v) is 5.12. The molecule has 1 atom stereocenters. The first kappa shape index (κ1) is 11.9. The Bertz CT molecular complexity index is 327. The molecule has 0 saturated heterocycles. The van der Waals surface area contributed by atoms with Gasteiger partial charge in [0, 0.05) is 10.9 Å². The first-order chi connectivity index (χ1) is 6.54. The van der Waals surface area contributed by atoms with Gasteiger partial charge in [-0.15, -0.1) is 0 Å². The van der Waals surface area contributed by atoms with Crippen LogP contribution >= 0.6 is 31.9 Å². The van der Waals surface area contributed by atoms with Crippen molar-refractivity contribution in [3.05, 3.63) is 34.9 Å². The van der Waals surface area contributed by atoms with Crippen LogP contribution in [0.2, 0.25) is 0 Å². The fourth-order valence-corrected chi connectivity index (χ4v) is 1.93. The van der Waals surface area contributed by atoms with Crippen molar-refractivity contribution in [2.24, 2.45) is 0 Å². The Morgan fingerprint density at radius 2 is 1.79 bits per heavy atom. The van der Waals surface area contributed by atoms with Gasteiger partial charge < -0.3 is 0 Å². The highest BCUT2D eigenvalue weighted by Crippen LogP contribution is 2.15. The Kier molecular flexibility index (Phi) is 4.32. The summed E-state index contributed by atoms with van der Waals surface area (Å²) in [6, 6.07) is 5.91. The zero-order valence-corrected chi connectivity index (χ0v) is 11.4. The van der Waals surface area contributed by atoms with Gasteiger partial charge >= 0.3 is 0 Å².